The number of hydrogen-bond donors (Lipinski definition) is 2. The lowest BCUT2D eigenvalue weighted by molar-refractivity contribution is -0.122. The molecule has 0 bridgehead atoms. The van der Waals surface area contributed by atoms with Crippen LogP contribution in [0.4, 0.5) is 0 Å². The lowest BCUT2D eigenvalue weighted by atomic mass is 10.2. The Balaban J connectivity index is 1.78. The van der Waals surface area contributed by atoms with E-state index in [-0.39, 0.29) is 11.9 Å². The van der Waals surface area contributed by atoms with Crippen LogP contribution in [0, 0.1) is 0 Å². The third-order valence-electron chi connectivity index (χ3n) is 3.30. The van der Waals surface area contributed by atoms with Gasteiger partial charge in [0.25, 0.3) is 0 Å². The van der Waals surface area contributed by atoms with Gasteiger partial charge in [-0.15, -0.1) is 0 Å². The fraction of sp³-hybridized carbons (Fsp3) is 0.562. The minimum absolute atomic E-state index is 0.0888. The van der Waals surface area contributed by atoms with Crippen LogP contribution in [-0.4, -0.2) is 24.6 Å². The number of benzene rings is 1. The SMILES string of the molecule is CCCOc1cccc(CNC(C)C(=O)NC2CC2)c1. The normalized spacial score (nSPS) is 15.7. The summed E-state index contributed by atoms with van der Waals surface area (Å²) in [6, 6.07) is 8.25. The lowest BCUT2D eigenvalue weighted by Gasteiger charge is -2.14. The molecule has 1 aromatic carbocycles. The highest BCUT2D eigenvalue weighted by Gasteiger charge is 2.25. The smallest absolute Gasteiger partial charge is 0.237 e. The van der Waals surface area contributed by atoms with Gasteiger partial charge in [-0.3, -0.25) is 4.79 Å². The van der Waals surface area contributed by atoms with E-state index in [2.05, 4.69) is 17.6 Å². The number of nitrogens with one attached hydrogen (secondary N) is 2. The van der Waals surface area contributed by atoms with E-state index in [4.69, 9.17) is 4.74 Å². The van der Waals surface area contributed by atoms with Crippen molar-refractivity contribution in [3.05, 3.63) is 29.8 Å². The minimum Gasteiger partial charge on any atom is -0.494 e. The zero-order valence-corrected chi connectivity index (χ0v) is 12.3. The van der Waals surface area contributed by atoms with E-state index < -0.39 is 0 Å². The van der Waals surface area contributed by atoms with E-state index in [1.165, 1.54) is 0 Å². The molecular weight excluding hydrogens is 252 g/mol. The Hall–Kier alpha value is -1.55. The Morgan fingerprint density at radius 3 is 2.95 bits per heavy atom. The van der Waals surface area contributed by atoms with Crippen molar-refractivity contribution in [2.75, 3.05) is 6.61 Å². The number of rotatable bonds is 8. The summed E-state index contributed by atoms with van der Waals surface area (Å²) in [4.78, 5) is 11.8. The third kappa shape index (κ3) is 4.85. The summed E-state index contributed by atoms with van der Waals surface area (Å²) >= 11 is 0. The van der Waals surface area contributed by atoms with Gasteiger partial charge in [0.2, 0.25) is 5.91 Å². The molecule has 0 radical (unpaired) electrons. The van der Waals surface area contributed by atoms with Crippen LogP contribution in [0.3, 0.4) is 0 Å². The van der Waals surface area contributed by atoms with E-state index in [1.54, 1.807) is 0 Å². The molecule has 1 unspecified atom stereocenters. The molecule has 0 saturated heterocycles. The molecule has 2 N–H and O–H groups in total. The van der Waals surface area contributed by atoms with Crippen LogP contribution in [-0.2, 0) is 11.3 Å². The van der Waals surface area contributed by atoms with E-state index in [0.29, 0.717) is 12.6 Å². The van der Waals surface area contributed by atoms with E-state index >= 15 is 0 Å². The van der Waals surface area contributed by atoms with Crippen LogP contribution in [0.5, 0.6) is 5.75 Å². The molecule has 1 saturated carbocycles. The Morgan fingerprint density at radius 1 is 1.45 bits per heavy atom. The molecule has 1 aromatic rings. The highest BCUT2D eigenvalue weighted by atomic mass is 16.5. The van der Waals surface area contributed by atoms with E-state index in [0.717, 1.165) is 37.2 Å². The van der Waals surface area contributed by atoms with Crippen LogP contribution < -0.4 is 15.4 Å². The van der Waals surface area contributed by atoms with Gasteiger partial charge < -0.3 is 15.4 Å². The molecule has 0 heterocycles. The summed E-state index contributed by atoms with van der Waals surface area (Å²) < 4.78 is 5.60. The highest BCUT2D eigenvalue weighted by molar-refractivity contribution is 5.81. The molecule has 1 amide bonds. The van der Waals surface area contributed by atoms with Gasteiger partial charge >= 0.3 is 0 Å². The van der Waals surface area contributed by atoms with Crippen molar-refractivity contribution in [3.8, 4) is 5.75 Å². The van der Waals surface area contributed by atoms with Crippen LogP contribution in [0.25, 0.3) is 0 Å². The predicted molar refractivity (Wildman–Crippen MR) is 79.7 cm³/mol. The van der Waals surface area contributed by atoms with Gasteiger partial charge in [0.05, 0.1) is 12.6 Å². The fourth-order valence-corrected chi connectivity index (χ4v) is 1.88. The van der Waals surface area contributed by atoms with Gasteiger partial charge in [-0.05, 0) is 43.9 Å². The zero-order chi connectivity index (χ0) is 14.4. The van der Waals surface area contributed by atoms with Gasteiger partial charge in [0.1, 0.15) is 5.75 Å². The third-order valence-corrected chi connectivity index (χ3v) is 3.30. The maximum absolute atomic E-state index is 11.8. The standard InChI is InChI=1S/C16H24N2O2/c1-3-9-20-15-6-4-5-13(10-15)11-17-12(2)16(19)18-14-7-8-14/h4-6,10,12,14,17H,3,7-9,11H2,1-2H3,(H,18,19). The van der Waals surface area contributed by atoms with Crippen molar-refractivity contribution in [1.29, 1.82) is 0 Å². The van der Waals surface area contributed by atoms with Crippen molar-refractivity contribution < 1.29 is 9.53 Å². The van der Waals surface area contributed by atoms with Crippen molar-refractivity contribution in [2.24, 2.45) is 0 Å². The second-order valence-corrected chi connectivity index (χ2v) is 5.38. The van der Waals surface area contributed by atoms with Gasteiger partial charge in [0, 0.05) is 12.6 Å². The molecule has 1 aliphatic carbocycles. The van der Waals surface area contributed by atoms with Crippen molar-refractivity contribution in [1.82, 2.24) is 10.6 Å². The van der Waals surface area contributed by atoms with Crippen molar-refractivity contribution in [2.45, 2.75) is 51.7 Å². The van der Waals surface area contributed by atoms with E-state index in [1.807, 2.05) is 31.2 Å². The first-order chi connectivity index (χ1) is 9.69. The Morgan fingerprint density at radius 2 is 2.25 bits per heavy atom. The molecule has 1 fully saturated rings. The number of amides is 1. The van der Waals surface area contributed by atoms with Gasteiger partial charge in [-0.25, -0.2) is 0 Å². The largest absolute Gasteiger partial charge is 0.494 e. The number of hydrogen-bond acceptors (Lipinski definition) is 3. The molecule has 4 nitrogen and oxygen atoms in total. The number of carbonyl (C=O) groups is 1. The second-order valence-electron chi connectivity index (χ2n) is 5.38. The average molecular weight is 276 g/mol. The Labute approximate surface area is 120 Å². The van der Waals surface area contributed by atoms with Gasteiger partial charge in [-0.2, -0.15) is 0 Å². The first-order valence-electron chi connectivity index (χ1n) is 7.44. The highest BCUT2D eigenvalue weighted by Crippen LogP contribution is 2.18. The zero-order valence-electron chi connectivity index (χ0n) is 12.3. The molecule has 0 aromatic heterocycles. The van der Waals surface area contributed by atoms with Crippen molar-refractivity contribution >= 4 is 5.91 Å². The summed E-state index contributed by atoms with van der Waals surface area (Å²) in [6.07, 6.45) is 3.24. The molecule has 1 atom stereocenters. The second kappa shape index (κ2) is 7.29. The predicted octanol–water partition coefficient (Wildman–Crippen LogP) is 2.23. The Kier molecular flexibility index (Phi) is 5.41. The molecule has 2 rings (SSSR count). The monoisotopic (exact) mass is 276 g/mol. The van der Waals surface area contributed by atoms with Gasteiger partial charge in [0.15, 0.2) is 0 Å². The number of carbonyl (C=O) groups excluding carboxylic acids is 1. The van der Waals surface area contributed by atoms with Crippen LogP contribution in [0.15, 0.2) is 24.3 Å². The summed E-state index contributed by atoms with van der Waals surface area (Å²) in [5, 5.41) is 6.25. The molecule has 4 heteroatoms. The summed E-state index contributed by atoms with van der Waals surface area (Å²) in [5.74, 6) is 0.979. The summed E-state index contributed by atoms with van der Waals surface area (Å²) in [6.45, 7) is 5.39. The first kappa shape index (κ1) is 14.9. The molecule has 1 aliphatic rings. The van der Waals surface area contributed by atoms with Crippen LogP contribution in [0.2, 0.25) is 0 Å². The quantitative estimate of drug-likeness (QED) is 0.765. The number of ether oxygens (including phenoxy) is 1. The van der Waals surface area contributed by atoms with Crippen LogP contribution >= 0.6 is 0 Å². The summed E-state index contributed by atoms with van der Waals surface area (Å²) in [7, 11) is 0. The topological polar surface area (TPSA) is 50.4 Å². The Bertz CT molecular complexity index is 444. The molecule has 110 valence electrons. The maximum atomic E-state index is 11.8. The first-order valence-corrected chi connectivity index (χ1v) is 7.44. The molecule has 20 heavy (non-hydrogen) atoms. The molecule has 0 aliphatic heterocycles. The fourth-order valence-electron chi connectivity index (χ4n) is 1.88. The lowest BCUT2D eigenvalue weighted by Crippen LogP contribution is -2.42. The average Bonchev–Trinajstić information content (AvgIpc) is 3.26. The molecular formula is C16H24N2O2. The minimum atomic E-state index is -0.171. The van der Waals surface area contributed by atoms with Gasteiger partial charge in [-0.1, -0.05) is 19.1 Å². The van der Waals surface area contributed by atoms with E-state index in [9.17, 15) is 4.79 Å². The molecule has 0 spiro atoms. The van der Waals surface area contributed by atoms with Crippen molar-refractivity contribution in [3.63, 3.8) is 0 Å². The van der Waals surface area contributed by atoms with Crippen LogP contribution in [0.1, 0.15) is 38.7 Å². The maximum Gasteiger partial charge on any atom is 0.237 e. The summed E-state index contributed by atoms with van der Waals surface area (Å²) in [5.41, 5.74) is 1.13.